The average molecular weight is 365 g/mol. The zero-order valence-electron chi connectivity index (χ0n) is 15.1. The summed E-state index contributed by atoms with van der Waals surface area (Å²) in [6.07, 6.45) is 3.55. The van der Waals surface area contributed by atoms with Crippen LogP contribution in [0.15, 0.2) is 42.7 Å². The predicted molar refractivity (Wildman–Crippen MR) is 105 cm³/mol. The molecule has 3 aromatic rings. The Labute approximate surface area is 157 Å². The van der Waals surface area contributed by atoms with Gasteiger partial charge >= 0.3 is 0 Å². The Balaban J connectivity index is 1.46. The van der Waals surface area contributed by atoms with Gasteiger partial charge in [-0.2, -0.15) is 0 Å². The van der Waals surface area contributed by atoms with Crippen molar-refractivity contribution in [3.05, 3.63) is 48.5 Å². The maximum Gasteiger partial charge on any atom is 0.225 e. The quantitative estimate of drug-likeness (QED) is 0.672. The van der Waals surface area contributed by atoms with Gasteiger partial charge in [0.15, 0.2) is 0 Å². The summed E-state index contributed by atoms with van der Waals surface area (Å²) in [6.45, 7) is 4.82. The number of fused-ring (bicyclic) bond motifs is 1. The van der Waals surface area contributed by atoms with Crippen molar-refractivity contribution in [2.75, 3.05) is 49.5 Å². The summed E-state index contributed by atoms with van der Waals surface area (Å²) in [5.74, 6) is 2.36. The van der Waals surface area contributed by atoms with Crippen molar-refractivity contribution in [2.24, 2.45) is 0 Å². The molecular formula is C19H23N7O. The van der Waals surface area contributed by atoms with Crippen molar-refractivity contribution in [2.45, 2.75) is 6.54 Å². The van der Waals surface area contributed by atoms with Crippen LogP contribution in [0.2, 0.25) is 0 Å². The Morgan fingerprint density at radius 2 is 1.74 bits per heavy atom. The van der Waals surface area contributed by atoms with Gasteiger partial charge in [-0.25, -0.2) is 19.9 Å². The van der Waals surface area contributed by atoms with Crippen LogP contribution >= 0.6 is 0 Å². The molecule has 8 heteroatoms. The Morgan fingerprint density at radius 3 is 2.52 bits per heavy atom. The van der Waals surface area contributed by atoms with Gasteiger partial charge in [-0.1, -0.05) is 12.1 Å². The highest BCUT2D eigenvalue weighted by Crippen LogP contribution is 2.21. The minimum atomic E-state index is 0.0666. The topological polar surface area (TPSA) is 90.3 Å². The van der Waals surface area contributed by atoms with Crippen LogP contribution in [0.25, 0.3) is 10.9 Å². The predicted octanol–water partition coefficient (Wildman–Crippen LogP) is 1.15. The largest absolute Gasteiger partial charge is 0.395 e. The number of piperazine rings is 1. The third-order valence-electron chi connectivity index (χ3n) is 4.63. The highest BCUT2D eigenvalue weighted by Gasteiger charge is 2.20. The second-order valence-corrected chi connectivity index (χ2v) is 6.47. The zero-order chi connectivity index (χ0) is 18.5. The van der Waals surface area contributed by atoms with Crippen molar-refractivity contribution in [1.82, 2.24) is 24.8 Å². The molecule has 0 bridgehead atoms. The van der Waals surface area contributed by atoms with Crippen LogP contribution in [0.1, 0.15) is 5.82 Å². The summed E-state index contributed by atoms with van der Waals surface area (Å²) in [5.41, 5.74) is 0.916. The number of nitrogens with zero attached hydrogens (tertiary/aromatic N) is 6. The van der Waals surface area contributed by atoms with E-state index < -0.39 is 0 Å². The first-order chi connectivity index (χ1) is 13.3. The lowest BCUT2D eigenvalue weighted by molar-refractivity contribution is 0.243. The monoisotopic (exact) mass is 365 g/mol. The van der Waals surface area contributed by atoms with E-state index in [9.17, 15) is 0 Å². The van der Waals surface area contributed by atoms with E-state index in [4.69, 9.17) is 15.1 Å². The second-order valence-electron chi connectivity index (χ2n) is 6.47. The Kier molecular flexibility index (Phi) is 5.36. The summed E-state index contributed by atoms with van der Waals surface area (Å²) in [5, 5.41) is 13.3. The number of para-hydroxylation sites is 1. The lowest BCUT2D eigenvalue weighted by Crippen LogP contribution is -2.46. The average Bonchev–Trinajstić information content (AvgIpc) is 2.73. The van der Waals surface area contributed by atoms with E-state index in [0.717, 1.165) is 54.7 Å². The van der Waals surface area contributed by atoms with Gasteiger partial charge in [0, 0.05) is 50.5 Å². The van der Waals surface area contributed by atoms with Gasteiger partial charge < -0.3 is 15.3 Å². The van der Waals surface area contributed by atoms with Crippen molar-refractivity contribution in [3.63, 3.8) is 0 Å². The van der Waals surface area contributed by atoms with Gasteiger partial charge in [0.2, 0.25) is 5.95 Å². The van der Waals surface area contributed by atoms with E-state index in [0.29, 0.717) is 13.1 Å². The lowest BCUT2D eigenvalue weighted by Gasteiger charge is -2.34. The van der Waals surface area contributed by atoms with Crippen LogP contribution in [0.3, 0.4) is 0 Å². The number of nitrogens with one attached hydrogen (secondary N) is 1. The molecule has 1 saturated heterocycles. The van der Waals surface area contributed by atoms with Crippen molar-refractivity contribution >= 4 is 22.7 Å². The highest BCUT2D eigenvalue weighted by molar-refractivity contribution is 5.88. The van der Waals surface area contributed by atoms with Gasteiger partial charge in [0.05, 0.1) is 18.7 Å². The Bertz CT molecular complexity index is 882. The van der Waals surface area contributed by atoms with Gasteiger partial charge in [0.1, 0.15) is 11.6 Å². The zero-order valence-corrected chi connectivity index (χ0v) is 15.1. The molecule has 2 N–H and O–H groups in total. The number of aliphatic hydroxyl groups is 1. The molecule has 0 atom stereocenters. The van der Waals surface area contributed by atoms with Gasteiger partial charge in [-0.3, -0.25) is 4.90 Å². The van der Waals surface area contributed by atoms with E-state index in [1.165, 1.54) is 0 Å². The summed E-state index contributed by atoms with van der Waals surface area (Å²) in [4.78, 5) is 22.6. The fourth-order valence-electron chi connectivity index (χ4n) is 3.26. The number of aromatic nitrogens is 4. The maximum absolute atomic E-state index is 9.12. The first-order valence-electron chi connectivity index (χ1n) is 9.18. The maximum atomic E-state index is 9.12. The van der Waals surface area contributed by atoms with Gasteiger partial charge in [-0.05, 0) is 18.2 Å². The van der Waals surface area contributed by atoms with Crippen LogP contribution in [0.4, 0.5) is 11.8 Å². The molecule has 0 radical (unpaired) electrons. The molecule has 0 spiro atoms. The third-order valence-corrected chi connectivity index (χ3v) is 4.63. The molecule has 0 amide bonds. The number of aliphatic hydroxyl groups excluding tert-OH is 1. The molecular weight excluding hydrogens is 342 g/mol. The summed E-state index contributed by atoms with van der Waals surface area (Å²) in [6, 6.07) is 9.78. The number of rotatable bonds is 6. The number of anilines is 2. The third kappa shape index (κ3) is 4.12. The molecule has 0 saturated carbocycles. The van der Waals surface area contributed by atoms with Crippen molar-refractivity contribution < 1.29 is 5.11 Å². The number of hydrogen-bond donors (Lipinski definition) is 2. The summed E-state index contributed by atoms with van der Waals surface area (Å²) >= 11 is 0. The molecule has 1 aromatic carbocycles. The van der Waals surface area contributed by atoms with Gasteiger partial charge in [0.25, 0.3) is 0 Å². The van der Waals surface area contributed by atoms with E-state index in [1.54, 1.807) is 12.4 Å². The molecule has 0 aliphatic carbocycles. The fourth-order valence-corrected chi connectivity index (χ4v) is 3.26. The molecule has 2 aromatic heterocycles. The Hall–Kier alpha value is -2.84. The highest BCUT2D eigenvalue weighted by atomic mass is 16.3. The first-order valence-corrected chi connectivity index (χ1v) is 9.18. The van der Waals surface area contributed by atoms with Crippen LogP contribution in [-0.2, 0) is 6.54 Å². The molecule has 0 unspecified atom stereocenters. The minimum Gasteiger partial charge on any atom is -0.395 e. The van der Waals surface area contributed by atoms with Crippen LogP contribution in [0.5, 0.6) is 0 Å². The summed E-state index contributed by atoms with van der Waals surface area (Å²) in [7, 11) is 0. The fraction of sp³-hybridized carbons (Fsp3) is 0.368. The molecule has 1 aliphatic heterocycles. The second kappa shape index (κ2) is 8.24. The van der Waals surface area contributed by atoms with Crippen LogP contribution in [-0.4, -0.2) is 69.3 Å². The normalized spacial score (nSPS) is 15.2. The molecule has 27 heavy (non-hydrogen) atoms. The molecule has 1 aliphatic rings. The van der Waals surface area contributed by atoms with Gasteiger partial charge in [-0.15, -0.1) is 0 Å². The Morgan fingerprint density at radius 1 is 0.963 bits per heavy atom. The van der Waals surface area contributed by atoms with Crippen molar-refractivity contribution in [3.8, 4) is 0 Å². The first kappa shape index (κ1) is 17.6. The van der Waals surface area contributed by atoms with Crippen LogP contribution in [0, 0.1) is 0 Å². The lowest BCUT2D eigenvalue weighted by atomic mass is 10.2. The minimum absolute atomic E-state index is 0.0666. The SMILES string of the molecule is OCCNc1nc(CN2CCN(c3ncccn3)CC2)nc2ccccc12. The van der Waals surface area contributed by atoms with E-state index in [-0.39, 0.29) is 6.61 Å². The van der Waals surface area contributed by atoms with E-state index >= 15 is 0 Å². The summed E-state index contributed by atoms with van der Waals surface area (Å²) < 4.78 is 0. The van der Waals surface area contributed by atoms with Crippen LogP contribution < -0.4 is 10.2 Å². The number of benzene rings is 1. The van der Waals surface area contributed by atoms with Crippen molar-refractivity contribution in [1.29, 1.82) is 0 Å². The molecule has 4 rings (SSSR count). The molecule has 1 fully saturated rings. The molecule has 8 nitrogen and oxygen atoms in total. The number of hydrogen-bond acceptors (Lipinski definition) is 8. The standard InChI is InChI=1S/C19H23N7O/c27-13-8-20-18-15-4-1-2-5-16(15)23-17(24-18)14-25-9-11-26(12-10-25)19-21-6-3-7-22-19/h1-7,27H,8-14H2,(H,20,23,24). The van der Waals surface area contributed by atoms with E-state index in [1.807, 2.05) is 30.3 Å². The molecule has 140 valence electrons. The smallest absolute Gasteiger partial charge is 0.225 e. The molecule has 3 heterocycles. The van der Waals surface area contributed by atoms with E-state index in [2.05, 4.69) is 25.1 Å².